The molecule has 11 unspecified atom stereocenters. The van der Waals surface area contributed by atoms with Crippen molar-refractivity contribution < 1.29 is 71.4 Å². The van der Waals surface area contributed by atoms with E-state index in [0.717, 1.165) is 19.2 Å². The second-order valence-corrected chi connectivity index (χ2v) is 11.4. The molecule has 3 rings (SSSR count). The maximum Gasteiger partial charge on any atom is 0.483 e. The summed E-state index contributed by atoms with van der Waals surface area (Å²) in [6.07, 6.45) is -14.1. The van der Waals surface area contributed by atoms with Gasteiger partial charge in [0, 0.05) is 19.2 Å². The zero-order valence-corrected chi connectivity index (χ0v) is 21.5. The molecular weight excluding hydrogens is 583 g/mol. The van der Waals surface area contributed by atoms with Gasteiger partial charge in [0.05, 0.1) is 13.2 Å². The first-order valence-corrected chi connectivity index (χ1v) is 13.9. The van der Waals surface area contributed by atoms with E-state index in [1.54, 1.807) is 0 Å². The maximum absolute atomic E-state index is 14.2. The van der Waals surface area contributed by atoms with Crippen LogP contribution >= 0.6 is 15.6 Å². The van der Waals surface area contributed by atoms with Gasteiger partial charge in [-0.2, -0.15) is 4.31 Å². The molecule has 0 aromatic carbocycles. The van der Waals surface area contributed by atoms with Crippen molar-refractivity contribution in [1.29, 1.82) is 0 Å². The van der Waals surface area contributed by atoms with E-state index >= 15 is 0 Å². The Morgan fingerprint density at radius 3 is 2.38 bits per heavy atom. The van der Waals surface area contributed by atoms with Crippen LogP contribution in [0.1, 0.15) is 13.2 Å². The molecule has 1 amide bonds. The highest BCUT2D eigenvalue weighted by Gasteiger charge is 2.51. The van der Waals surface area contributed by atoms with Crippen molar-refractivity contribution in [1.82, 2.24) is 14.9 Å². The lowest BCUT2D eigenvalue weighted by Gasteiger charge is -2.41. The molecule has 22 heteroatoms. The molecule has 8 N–H and O–H groups in total. The minimum atomic E-state index is -5.67. The Morgan fingerprint density at radius 1 is 1.13 bits per heavy atom. The molecule has 2 aliphatic heterocycles. The minimum Gasteiger partial charge on any atom is -0.394 e. The second kappa shape index (κ2) is 12.3. The number of hydrogen-bond acceptors (Lipinski definition) is 14. The van der Waals surface area contributed by atoms with Crippen LogP contribution < -0.4 is 16.6 Å². The molecule has 1 aromatic heterocycles. The summed E-state index contributed by atoms with van der Waals surface area (Å²) in [4.78, 5) is 56.3. The average molecular weight is 609 g/mol. The number of ether oxygens (including phenoxy) is 2. The zero-order valence-electron chi connectivity index (χ0n) is 19.8. The third-order valence-electron chi connectivity index (χ3n) is 5.51. The Balaban J connectivity index is 1.66. The van der Waals surface area contributed by atoms with Gasteiger partial charge in [-0.05, 0) is 0 Å². The van der Waals surface area contributed by atoms with Gasteiger partial charge in [-0.15, -0.1) is 0 Å². The summed E-state index contributed by atoms with van der Waals surface area (Å²) in [6.45, 7) is -1.12. The van der Waals surface area contributed by atoms with E-state index in [9.17, 15) is 58.1 Å². The molecule has 39 heavy (non-hydrogen) atoms. The number of hydrogen-bond donors (Lipinski definition) is 8. The lowest BCUT2D eigenvalue weighted by atomic mass is 9.98. The molecule has 3 heterocycles. The van der Waals surface area contributed by atoms with Crippen LogP contribution in [0.4, 0.5) is 4.39 Å². The van der Waals surface area contributed by atoms with Gasteiger partial charge < -0.3 is 45.0 Å². The molecule has 2 fully saturated rings. The van der Waals surface area contributed by atoms with Gasteiger partial charge in [0.1, 0.15) is 36.6 Å². The fraction of sp³-hybridized carbons (Fsp3) is 0.706. The van der Waals surface area contributed by atoms with Crippen LogP contribution in [0.15, 0.2) is 21.9 Å². The number of carbonyl (C=O) groups excluding carboxylic acids is 1. The van der Waals surface area contributed by atoms with Crippen molar-refractivity contribution in [2.45, 2.75) is 62.2 Å². The molecule has 11 atom stereocenters. The fourth-order valence-corrected chi connectivity index (χ4v) is 5.89. The van der Waals surface area contributed by atoms with E-state index in [2.05, 4.69) is 13.4 Å². The summed E-state index contributed by atoms with van der Waals surface area (Å²) < 4.78 is 63.1. The Hall–Kier alpha value is -1.90. The molecule has 0 spiro atoms. The van der Waals surface area contributed by atoms with Crippen LogP contribution in [0, 0.1) is 0 Å². The van der Waals surface area contributed by atoms with Gasteiger partial charge in [0.25, 0.3) is 5.56 Å². The van der Waals surface area contributed by atoms with Gasteiger partial charge in [0.15, 0.2) is 18.7 Å². The van der Waals surface area contributed by atoms with Gasteiger partial charge in [-0.25, -0.2) is 18.3 Å². The van der Waals surface area contributed by atoms with Gasteiger partial charge in [-0.1, -0.05) is 0 Å². The molecule has 1 aromatic rings. The molecule has 2 aliphatic rings. The Morgan fingerprint density at radius 2 is 1.79 bits per heavy atom. The minimum absolute atomic E-state index is 0.714. The summed E-state index contributed by atoms with van der Waals surface area (Å²) in [5, 5.41) is 41.7. The van der Waals surface area contributed by atoms with Crippen molar-refractivity contribution in [2.75, 3.05) is 13.2 Å². The lowest BCUT2D eigenvalue weighted by Crippen LogP contribution is -2.63. The van der Waals surface area contributed by atoms with Crippen LogP contribution in [0.3, 0.4) is 0 Å². The smallest absolute Gasteiger partial charge is 0.394 e. The molecular formula is C17H26FN3O16P2. The standard InChI is InChI=1S/C17H26FN3O16P2/c1-6(23)19-11-13(26)10(18)7(4-22)35-16(11)36-39(31,32)37-38(29,30)33-5-8-12(25)14(27)15(34-8)21-3-2-9(24)20-17(21)28/h2-3,7-8,10-16,22,25-27H,4-5H2,1H3,(H,19,23)(H,29,30)(H,31,32)(H,20,24,28). The number of aliphatic hydroxyl groups excluding tert-OH is 4. The fourth-order valence-electron chi connectivity index (χ4n) is 3.73. The maximum atomic E-state index is 14.2. The number of aromatic nitrogens is 2. The number of halogens is 1. The summed E-state index contributed by atoms with van der Waals surface area (Å²) in [5.41, 5.74) is -1.77. The van der Waals surface area contributed by atoms with E-state index in [4.69, 9.17) is 9.47 Å². The largest absolute Gasteiger partial charge is 0.483 e. The second-order valence-electron chi connectivity index (χ2n) is 8.37. The number of H-pyrrole nitrogens is 1. The quantitative estimate of drug-likeness (QED) is 0.119. The number of aliphatic hydroxyl groups is 4. The van der Waals surface area contributed by atoms with Crippen molar-refractivity contribution in [3.63, 3.8) is 0 Å². The van der Waals surface area contributed by atoms with Gasteiger partial charge >= 0.3 is 21.3 Å². The first-order chi connectivity index (χ1) is 18.0. The number of phosphoric acid groups is 2. The summed E-state index contributed by atoms with van der Waals surface area (Å²) in [6, 6.07) is -0.898. The SMILES string of the molecule is CC(=O)NC1C(OP(=O)(O)OP(=O)(O)OCC2OC(n3ccc(=O)[nH]c3=O)C(O)C2O)OC(CO)C(F)C1O. The third-order valence-corrected chi connectivity index (χ3v) is 8.11. The predicted molar refractivity (Wildman–Crippen MR) is 119 cm³/mol. The number of carbonyl (C=O) groups is 1. The van der Waals surface area contributed by atoms with E-state index in [0.29, 0.717) is 4.57 Å². The number of nitrogens with one attached hydrogen (secondary N) is 2. The molecule has 0 saturated carbocycles. The topological polar surface area (TPSA) is 286 Å². The molecule has 2 saturated heterocycles. The van der Waals surface area contributed by atoms with E-state index < -0.39 is 101 Å². The molecule has 0 aliphatic carbocycles. The van der Waals surface area contributed by atoms with E-state index in [1.807, 2.05) is 10.3 Å². The number of rotatable bonds is 10. The van der Waals surface area contributed by atoms with Crippen molar-refractivity contribution in [2.24, 2.45) is 0 Å². The normalized spacial score (nSPS) is 36.2. The molecule has 0 bridgehead atoms. The number of nitrogens with zero attached hydrogens (tertiary/aromatic N) is 1. The summed E-state index contributed by atoms with van der Waals surface area (Å²) >= 11 is 0. The highest BCUT2D eigenvalue weighted by atomic mass is 31.3. The highest BCUT2D eigenvalue weighted by Crippen LogP contribution is 2.61. The predicted octanol–water partition coefficient (Wildman–Crippen LogP) is -3.67. The van der Waals surface area contributed by atoms with Crippen LogP contribution in [0.25, 0.3) is 0 Å². The number of aromatic amines is 1. The Labute approximate surface area is 216 Å². The number of phosphoric ester groups is 2. The monoisotopic (exact) mass is 609 g/mol. The Bertz CT molecular complexity index is 1240. The summed E-state index contributed by atoms with van der Waals surface area (Å²) in [5.74, 6) is -0.851. The van der Waals surface area contributed by atoms with E-state index in [1.165, 1.54) is 0 Å². The lowest BCUT2D eigenvalue weighted by molar-refractivity contribution is -0.233. The molecule has 0 radical (unpaired) electrons. The number of alkyl halides is 1. The van der Waals surface area contributed by atoms with Crippen LogP contribution in [-0.2, 0) is 36.8 Å². The highest BCUT2D eigenvalue weighted by molar-refractivity contribution is 7.61. The number of amides is 1. The first-order valence-electron chi connectivity index (χ1n) is 10.9. The first kappa shape index (κ1) is 31.6. The van der Waals surface area contributed by atoms with Crippen molar-refractivity contribution in [3.05, 3.63) is 33.1 Å². The van der Waals surface area contributed by atoms with Crippen molar-refractivity contribution >= 4 is 21.6 Å². The van der Waals surface area contributed by atoms with Crippen molar-refractivity contribution in [3.8, 4) is 0 Å². The van der Waals surface area contributed by atoms with Gasteiger partial charge in [-0.3, -0.25) is 28.2 Å². The molecule has 222 valence electrons. The van der Waals surface area contributed by atoms with E-state index in [-0.39, 0.29) is 0 Å². The average Bonchev–Trinajstić information content (AvgIpc) is 3.10. The Kier molecular flexibility index (Phi) is 9.98. The van der Waals surface area contributed by atoms with Gasteiger partial charge in [0.2, 0.25) is 5.91 Å². The summed E-state index contributed by atoms with van der Waals surface area (Å²) in [7, 11) is -11.2. The van der Waals surface area contributed by atoms with Crippen LogP contribution in [-0.4, -0.2) is 108 Å². The van der Waals surface area contributed by atoms with Crippen LogP contribution in [0.2, 0.25) is 0 Å². The zero-order chi connectivity index (χ0) is 29.3. The third kappa shape index (κ3) is 7.65. The van der Waals surface area contributed by atoms with Crippen LogP contribution in [0.5, 0.6) is 0 Å². The molecule has 19 nitrogen and oxygen atoms in total.